The highest BCUT2D eigenvalue weighted by Gasteiger charge is 2.10. The van der Waals surface area contributed by atoms with E-state index in [-0.39, 0.29) is 5.78 Å². The summed E-state index contributed by atoms with van der Waals surface area (Å²) in [6, 6.07) is 11.7. The summed E-state index contributed by atoms with van der Waals surface area (Å²) in [5, 5.41) is 0. The van der Waals surface area contributed by atoms with Crippen molar-refractivity contribution in [2.45, 2.75) is 27.4 Å². The van der Waals surface area contributed by atoms with E-state index in [1.165, 1.54) is 11.1 Å². The summed E-state index contributed by atoms with van der Waals surface area (Å²) in [4.78, 5) is 11.6. The molecule has 0 spiro atoms. The van der Waals surface area contributed by atoms with Crippen LogP contribution in [0.2, 0.25) is 0 Å². The maximum Gasteiger partial charge on any atom is 0.163 e. The van der Waals surface area contributed by atoms with Gasteiger partial charge >= 0.3 is 0 Å². The second-order valence-corrected chi connectivity index (χ2v) is 5.83. The number of hydrogen-bond acceptors (Lipinski definition) is 2. The second kappa shape index (κ2) is 6.23. The molecule has 0 aliphatic heterocycles. The molecule has 0 radical (unpaired) electrons. The monoisotopic (exact) mass is 332 g/mol. The summed E-state index contributed by atoms with van der Waals surface area (Å²) >= 11 is 3.41. The number of ketones is 1. The summed E-state index contributed by atoms with van der Waals surface area (Å²) in [7, 11) is 0. The topological polar surface area (TPSA) is 26.3 Å². The van der Waals surface area contributed by atoms with Crippen LogP contribution in [0.25, 0.3) is 0 Å². The molecule has 0 saturated carbocycles. The molecule has 0 heterocycles. The van der Waals surface area contributed by atoms with Crippen molar-refractivity contribution in [3.63, 3.8) is 0 Å². The van der Waals surface area contributed by atoms with Crippen molar-refractivity contribution in [3.05, 3.63) is 63.1 Å². The Hall–Kier alpha value is -1.61. The minimum absolute atomic E-state index is 0.00784. The summed E-state index contributed by atoms with van der Waals surface area (Å²) < 4.78 is 6.75. The van der Waals surface area contributed by atoms with Gasteiger partial charge in [-0.2, -0.15) is 0 Å². The predicted octanol–water partition coefficient (Wildman–Crippen LogP) is 4.85. The third-order valence-electron chi connectivity index (χ3n) is 3.21. The van der Waals surface area contributed by atoms with Gasteiger partial charge in [-0.15, -0.1) is 0 Å². The zero-order valence-electron chi connectivity index (χ0n) is 11.9. The van der Waals surface area contributed by atoms with E-state index in [0.29, 0.717) is 17.9 Å². The molecule has 3 heteroatoms. The lowest BCUT2D eigenvalue weighted by molar-refractivity contribution is 0.101. The summed E-state index contributed by atoms with van der Waals surface area (Å²) in [5.41, 5.74) is 4.14. The van der Waals surface area contributed by atoms with Gasteiger partial charge in [0.2, 0.25) is 0 Å². The first-order chi connectivity index (χ1) is 9.47. The van der Waals surface area contributed by atoms with E-state index >= 15 is 0 Å². The number of carbonyl (C=O) groups excluding carboxylic acids is 1. The van der Waals surface area contributed by atoms with Crippen molar-refractivity contribution in [2.24, 2.45) is 0 Å². The first kappa shape index (κ1) is 14.8. The van der Waals surface area contributed by atoms with Crippen LogP contribution in [0.1, 0.15) is 34.0 Å². The highest BCUT2D eigenvalue weighted by molar-refractivity contribution is 9.10. The van der Waals surface area contributed by atoms with Gasteiger partial charge in [-0.1, -0.05) is 39.7 Å². The maximum absolute atomic E-state index is 11.6. The van der Waals surface area contributed by atoms with Crippen LogP contribution in [-0.4, -0.2) is 5.78 Å². The average molecular weight is 333 g/mol. The highest BCUT2D eigenvalue weighted by atomic mass is 79.9. The molecule has 0 amide bonds. The van der Waals surface area contributed by atoms with E-state index in [2.05, 4.69) is 48.0 Å². The van der Waals surface area contributed by atoms with Gasteiger partial charge in [-0.05, 0) is 50.1 Å². The molecule has 2 aromatic rings. The van der Waals surface area contributed by atoms with Crippen LogP contribution in [0.15, 0.2) is 40.9 Å². The summed E-state index contributed by atoms with van der Waals surface area (Å²) in [6.45, 7) is 6.13. The van der Waals surface area contributed by atoms with Gasteiger partial charge < -0.3 is 4.74 Å². The van der Waals surface area contributed by atoms with Gasteiger partial charge in [0.05, 0.1) is 5.56 Å². The Balaban J connectivity index is 2.24. The zero-order valence-corrected chi connectivity index (χ0v) is 13.5. The van der Waals surface area contributed by atoms with Crippen LogP contribution in [0, 0.1) is 13.8 Å². The van der Waals surface area contributed by atoms with Gasteiger partial charge in [-0.25, -0.2) is 0 Å². The minimum atomic E-state index is 0.00784. The van der Waals surface area contributed by atoms with Crippen LogP contribution in [0.3, 0.4) is 0 Å². The van der Waals surface area contributed by atoms with Crippen LogP contribution >= 0.6 is 15.9 Å². The zero-order chi connectivity index (χ0) is 14.7. The Morgan fingerprint density at radius 1 is 1.15 bits per heavy atom. The molecule has 0 aliphatic carbocycles. The van der Waals surface area contributed by atoms with Crippen LogP contribution in [-0.2, 0) is 6.61 Å². The molecular weight excluding hydrogens is 316 g/mol. The second-order valence-electron chi connectivity index (χ2n) is 4.92. The molecule has 0 N–H and O–H groups in total. The molecular formula is C17H17BrO2. The number of carbonyl (C=O) groups is 1. The highest BCUT2D eigenvalue weighted by Crippen LogP contribution is 2.25. The molecule has 0 unspecified atom stereocenters. The van der Waals surface area contributed by atoms with Crippen molar-refractivity contribution in [1.29, 1.82) is 0 Å². The lowest BCUT2D eigenvalue weighted by Crippen LogP contribution is -2.03. The number of aryl methyl sites for hydroxylation is 2. The van der Waals surface area contributed by atoms with Gasteiger partial charge in [0.25, 0.3) is 0 Å². The van der Waals surface area contributed by atoms with Gasteiger partial charge in [0.1, 0.15) is 12.4 Å². The molecule has 0 atom stereocenters. The fourth-order valence-electron chi connectivity index (χ4n) is 2.02. The van der Waals surface area contributed by atoms with Crippen molar-refractivity contribution in [2.75, 3.05) is 0 Å². The molecule has 0 aliphatic rings. The smallest absolute Gasteiger partial charge is 0.163 e. The Labute approximate surface area is 127 Å². The number of Topliss-reactive ketones (excluding diaryl/α,β-unsaturated/α-hetero) is 1. The first-order valence-corrected chi connectivity index (χ1v) is 7.26. The minimum Gasteiger partial charge on any atom is -0.488 e. The van der Waals surface area contributed by atoms with E-state index in [1.807, 2.05) is 12.1 Å². The molecule has 2 aromatic carbocycles. The molecule has 0 fully saturated rings. The SMILES string of the molecule is CC(=O)c1ccc(Br)cc1OCc1cc(C)ccc1C. The molecule has 104 valence electrons. The largest absolute Gasteiger partial charge is 0.488 e. The van der Waals surface area contributed by atoms with E-state index in [9.17, 15) is 4.79 Å². The fourth-order valence-corrected chi connectivity index (χ4v) is 2.36. The summed E-state index contributed by atoms with van der Waals surface area (Å²) in [6.07, 6.45) is 0. The third-order valence-corrected chi connectivity index (χ3v) is 3.70. The molecule has 2 nitrogen and oxygen atoms in total. The van der Waals surface area contributed by atoms with E-state index in [4.69, 9.17) is 4.74 Å². The maximum atomic E-state index is 11.6. The Kier molecular flexibility index (Phi) is 4.61. The molecule has 0 bridgehead atoms. The normalized spacial score (nSPS) is 10.4. The standard InChI is InChI=1S/C17H17BrO2/c1-11-4-5-12(2)14(8-11)10-20-17-9-15(18)6-7-16(17)13(3)19/h4-9H,10H2,1-3H3. The molecule has 0 aromatic heterocycles. The summed E-state index contributed by atoms with van der Waals surface area (Å²) in [5.74, 6) is 0.626. The van der Waals surface area contributed by atoms with Crippen molar-refractivity contribution in [1.82, 2.24) is 0 Å². The number of benzene rings is 2. The Morgan fingerprint density at radius 3 is 2.60 bits per heavy atom. The van der Waals surface area contributed by atoms with E-state index < -0.39 is 0 Å². The van der Waals surface area contributed by atoms with Crippen molar-refractivity contribution < 1.29 is 9.53 Å². The quantitative estimate of drug-likeness (QED) is 0.748. The van der Waals surface area contributed by atoms with Crippen LogP contribution in [0.5, 0.6) is 5.75 Å². The number of ether oxygens (including phenoxy) is 1. The lowest BCUT2D eigenvalue weighted by Gasteiger charge is -2.12. The Bertz CT molecular complexity index is 647. The number of rotatable bonds is 4. The van der Waals surface area contributed by atoms with Crippen molar-refractivity contribution in [3.8, 4) is 5.75 Å². The molecule has 0 saturated heterocycles. The average Bonchev–Trinajstić information content (AvgIpc) is 2.39. The van der Waals surface area contributed by atoms with E-state index in [0.717, 1.165) is 10.0 Å². The van der Waals surface area contributed by atoms with Gasteiger partial charge in [0, 0.05) is 4.47 Å². The molecule has 20 heavy (non-hydrogen) atoms. The Morgan fingerprint density at radius 2 is 1.90 bits per heavy atom. The van der Waals surface area contributed by atoms with Crippen LogP contribution in [0.4, 0.5) is 0 Å². The number of hydrogen-bond donors (Lipinski definition) is 0. The molecule has 2 rings (SSSR count). The number of halogens is 1. The van der Waals surface area contributed by atoms with Crippen LogP contribution < -0.4 is 4.74 Å². The lowest BCUT2D eigenvalue weighted by atomic mass is 10.1. The predicted molar refractivity (Wildman–Crippen MR) is 84.4 cm³/mol. The fraction of sp³-hybridized carbons (Fsp3) is 0.235. The van der Waals surface area contributed by atoms with Gasteiger partial charge in [0.15, 0.2) is 5.78 Å². The third kappa shape index (κ3) is 3.48. The van der Waals surface area contributed by atoms with Gasteiger partial charge in [-0.3, -0.25) is 4.79 Å². The van der Waals surface area contributed by atoms with E-state index in [1.54, 1.807) is 13.0 Å². The first-order valence-electron chi connectivity index (χ1n) is 6.47. The van der Waals surface area contributed by atoms with Crippen molar-refractivity contribution >= 4 is 21.7 Å².